The van der Waals surface area contributed by atoms with Crippen LogP contribution in [-0.4, -0.2) is 35.3 Å². The number of carbonyl (C=O) groups excluding carboxylic acids is 2. The molecule has 3 unspecified atom stereocenters. The van der Waals surface area contributed by atoms with E-state index in [1.165, 1.54) is 0 Å². The van der Waals surface area contributed by atoms with Gasteiger partial charge in [0.2, 0.25) is 11.8 Å². The lowest BCUT2D eigenvalue weighted by Gasteiger charge is -2.41. The maximum absolute atomic E-state index is 12.6. The van der Waals surface area contributed by atoms with Crippen molar-refractivity contribution in [3.8, 4) is 0 Å². The molecule has 1 saturated heterocycles. The van der Waals surface area contributed by atoms with Gasteiger partial charge >= 0.3 is 0 Å². The van der Waals surface area contributed by atoms with Crippen molar-refractivity contribution in [3.05, 3.63) is 12.2 Å². The highest BCUT2D eigenvalue weighted by Crippen LogP contribution is 2.22. The highest BCUT2D eigenvalue weighted by molar-refractivity contribution is 5.97. The molecule has 2 amide bonds. The molecule has 1 aliphatic heterocycles. The van der Waals surface area contributed by atoms with E-state index < -0.39 is 0 Å². The zero-order chi connectivity index (χ0) is 15.3. The molecule has 0 aromatic heterocycles. The number of carbonyl (C=O) groups is 2. The second kappa shape index (κ2) is 7.46. The summed E-state index contributed by atoms with van der Waals surface area (Å²) in [6.45, 7) is 10.7. The molecular formula is C16H28N2O2. The first-order valence-corrected chi connectivity index (χ1v) is 7.64. The van der Waals surface area contributed by atoms with Gasteiger partial charge in [0, 0.05) is 6.54 Å². The van der Waals surface area contributed by atoms with E-state index in [2.05, 4.69) is 26.1 Å². The summed E-state index contributed by atoms with van der Waals surface area (Å²) in [7, 11) is 0. The van der Waals surface area contributed by atoms with Gasteiger partial charge in [-0.2, -0.15) is 0 Å². The van der Waals surface area contributed by atoms with E-state index in [0.29, 0.717) is 18.9 Å². The van der Waals surface area contributed by atoms with E-state index in [9.17, 15) is 9.59 Å². The minimum absolute atomic E-state index is 0.00546. The van der Waals surface area contributed by atoms with Gasteiger partial charge in [-0.3, -0.25) is 9.59 Å². The molecule has 0 saturated carbocycles. The molecule has 0 bridgehead atoms. The molecule has 1 rings (SSSR count). The highest BCUT2D eigenvalue weighted by atomic mass is 16.2. The van der Waals surface area contributed by atoms with Gasteiger partial charge in [0.05, 0.1) is 0 Å². The zero-order valence-electron chi connectivity index (χ0n) is 13.3. The Hall–Kier alpha value is -1.32. The summed E-state index contributed by atoms with van der Waals surface area (Å²) >= 11 is 0. The molecule has 114 valence electrons. The molecule has 1 aliphatic rings. The van der Waals surface area contributed by atoms with E-state index in [0.717, 1.165) is 6.42 Å². The van der Waals surface area contributed by atoms with Gasteiger partial charge < -0.3 is 10.2 Å². The van der Waals surface area contributed by atoms with E-state index in [-0.39, 0.29) is 29.8 Å². The van der Waals surface area contributed by atoms with Gasteiger partial charge in [-0.15, -0.1) is 0 Å². The van der Waals surface area contributed by atoms with Crippen LogP contribution in [0.1, 0.15) is 47.5 Å². The Labute approximate surface area is 122 Å². The summed E-state index contributed by atoms with van der Waals surface area (Å²) in [6, 6.07) is -0.708. The van der Waals surface area contributed by atoms with Gasteiger partial charge in [0.15, 0.2) is 0 Å². The summed E-state index contributed by atoms with van der Waals surface area (Å²) in [5.41, 5.74) is 0. The SMILES string of the molecule is C/C=C/CN1C(=O)C(CC(C)C)NC(=O)C1C(C)CC. The molecule has 0 spiro atoms. The summed E-state index contributed by atoms with van der Waals surface area (Å²) in [6.07, 6.45) is 5.44. The number of allylic oxidation sites excluding steroid dienone is 1. The predicted molar refractivity (Wildman–Crippen MR) is 81.2 cm³/mol. The van der Waals surface area contributed by atoms with Crippen LogP contribution in [0.5, 0.6) is 0 Å². The Morgan fingerprint density at radius 1 is 1.30 bits per heavy atom. The van der Waals surface area contributed by atoms with Crippen molar-refractivity contribution in [2.75, 3.05) is 6.54 Å². The van der Waals surface area contributed by atoms with Crippen molar-refractivity contribution in [2.24, 2.45) is 11.8 Å². The second-order valence-corrected chi connectivity index (χ2v) is 6.08. The fraction of sp³-hybridized carbons (Fsp3) is 0.750. The molecular weight excluding hydrogens is 252 g/mol. The molecule has 0 radical (unpaired) electrons. The number of amides is 2. The third-order valence-electron chi connectivity index (χ3n) is 3.93. The van der Waals surface area contributed by atoms with E-state index in [1.54, 1.807) is 4.90 Å². The molecule has 1 fully saturated rings. The zero-order valence-corrected chi connectivity index (χ0v) is 13.3. The third kappa shape index (κ3) is 3.84. The predicted octanol–water partition coefficient (Wildman–Crippen LogP) is 2.35. The smallest absolute Gasteiger partial charge is 0.246 e. The normalized spacial score (nSPS) is 25.4. The monoisotopic (exact) mass is 280 g/mol. The molecule has 0 aromatic rings. The maximum Gasteiger partial charge on any atom is 0.246 e. The molecule has 1 heterocycles. The molecule has 4 heteroatoms. The fourth-order valence-corrected chi connectivity index (χ4v) is 2.64. The van der Waals surface area contributed by atoms with Crippen LogP contribution in [0.4, 0.5) is 0 Å². The fourth-order valence-electron chi connectivity index (χ4n) is 2.64. The first kappa shape index (κ1) is 16.7. The molecule has 4 nitrogen and oxygen atoms in total. The van der Waals surface area contributed by atoms with Crippen LogP contribution in [0, 0.1) is 11.8 Å². The van der Waals surface area contributed by atoms with Gasteiger partial charge in [0.1, 0.15) is 12.1 Å². The Bertz CT molecular complexity index is 377. The van der Waals surface area contributed by atoms with Crippen molar-refractivity contribution < 1.29 is 9.59 Å². The molecule has 0 aliphatic carbocycles. The van der Waals surface area contributed by atoms with Crippen molar-refractivity contribution in [1.82, 2.24) is 10.2 Å². The number of nitrogens with one attached hydrogen (secondary N) is 1. The summed E-state index contributed by atoms with van der Waals surface area (Å²) in [5, 5.41) is 2.91. The van der Waals surface area contributed by atoms with Gasteiger partial charge in [-0.05, 0) is 25.2 Å². The Kier molecular flexibility index (Phi) is 6.24. The minimum atomic E-state index is -0.368. The number of hydrogen-bond donors (Lipinski definition) is 1. The van der Waals surface area contributed by atoms with E-state index in [4.69, 9.17) is 0 Å². The van der Waals surface area contributed by atoms with Crippen LogP contribution in [0.25, 0.3) is 0 Å². The lowest BCUT2D eigenvalue weighted by atomic mass is 9.91. The first-order valence-electron chi connectivity index (χ1n) is 7.64. The van der Waals surface area contributed by atoms with Gasteiger partial charge in [-0.1, -0.05) is 46.3 Å². The van der Waals surface area contributed by atoms with Crippen molar-refractivity contribution >= 4 is 11.8 Å². The first-order chi connectivity index (χ1) is 9.42. The number of rotatable bonds is 6. The standard InChI is InChI=1S/C16H28N2O2/c1-6-8-9-18-14(12(5)7-2)15(19)17-13(16(18)20)10-11(3)4/h6,8,11-14H,7,9-10H2,1-5H3,(H,17,19)/b8-6+. The average Bonchev–Trinajstić information content (AvgIpc) is 2.39. The highest BCUT2D eigenvalue weighted by Gasteiger charge is 2.41. The van der Waals surface area contributed by atoms with Crippen LogP contribution in [0.2, 0.25) is 0 Å². The Balaban J connectivity index is 2.97. The van der Waals surface area contributed by atoms with Crippen molar-refractivity contribution in [3.63, 3.8) is 0 Å². The van der Waals surface area contributed by atoms with Gasteiger partial charge in [0.25, 0.3) is 0 Å². The largest absolute Gasteiger partial charge is 0.342 e. The van der Waals surface area contributed by atoms with Crippen molar-refractivity contribution in [1.29, 1.82) is 0 Å². The number of nitrogens with zero attached hydrogens (tertiary/aromatic N) is 1. The van der Waals surface area contributed by atoms with Crippen LogP contribution in [-0.2, 0) is 9.59 Å². The Morgan fingerprint density at radius 2 is 1.95 bits per heavy atom. The quantitative estimate of drug-likeness (QED) is 0.759. The lowest BCUT2D eigenvalue weighted by molar-refractivity contribution is -0.151. The lowest BCUT2D eigenvalue weighted by Crippen LogP contribution is -2.65. The van der Waals surface area contributed by atoms with E-state index >= 15 is 0 Å². The van der Waals surface area contributed by atoms with Crippen LogP contribution in [0.15, 0.2) is 12.2 Å². The number of piperazine rings is 1. The van der Waals surface area contributed by atoms with Crippen LogP contribution < -0.4 is 5.32 Å². The van der Waals surface area contributed by atoms with Crippen LogP contribution >= 0.6 is 0 Å². The van der Waals surface area contributed by atoms with E-state index in [1.807, 2.05) is 26.0 Å². The second-order valence-electron chi connectivity index (χ2n) is 6.08. The van der Waals surface area contributed by atoms with Crippen molar-refractivity contribution in [2.45, 2.75) is 59.5 Å². The number of hydrogen-bond acceptors (Lipinski definition) is 2. The molecule has 1 N–H and O–H groups in total. The summed E-state index contributed by atoms with van der Waals surface area (Å²) in [5.74, 6) is 0.605. The summed E-state index contributed by atoms with van der Waals surface area (Å²) < 4.78 is 0. The third-order valence-corrected chi connectivity index (χ3v) is 3.93. The van der Waals surface area contributed by atoms with Gasteiger partial charge in [-0.25, -0.2) is 0 Å². The summed E-state index contributed by atoms with van der Waals surface area (Å²) in [4.78, 5) is 26.7. The van der Waals surface area contributed by atoms with Crippen LogP contribution in [0.3, 0.4) is 0 Å². The topological polar surface area (TPSA) is 49.4 Å². The molecule has 0 aromatic carbocycles. The molecule has 20 heavy (non-hydrogen) atoms. The Morgan fingerprint density at radius 3 is 2.45 bits per heavy atom. The average molecular weight is 280 g/mol. The molecule has 3 atom stereocenters. The maximum atomic E-state index is 12.6. The minimum Gasteiger partial charge on any atom is -0.342 e.